The Hall–Kier alpha value is -2.29. The third-order valence-electron chi connectivity index (χ3n) is 4.04. The van der Waals surface area contributed by atoms with Gasteiger partial charge in [0.2, 0.25) is 6.41 Å². The van der Waals surface area contributed by atoms with E-state index in [0.29, 0.717) is 6.54 Å². The fourth-order valence-electron chi connectivity index (χ4n) is 2.89. The molecule has 3 heteroatoms. The SMILES string of the molecule is CC[C@@](CNC=O)(c1ccccc1)c1ccccc1OC. The van der Waals surface area contributed by atoms with Gasteiger partial charge in [0.1, 0.15) is 5.75 Å². The molecule has 0 bridgehead atoms. The van der Waals surface area contributed by atoms with Gasteiger partial charge in [0, 0.05) is 17.5 Å². The number of amides is 1. The molecule has 0 saturated heterocycles. The molecule has 0 fully saturated rings. The first-order valence-corrected chi connectivity index (χ1v) is 7.14. The van der Waals surface area contributed by atoms with Gasteiger partial charge < -0.3 is 10.1 Å². The molecule has 0 heterocycles. The van der Waals surface area contributed by atoms with Crippen molar-refractivity contribution in [3.05, 3.63) is 65.7 Å². The molecule has 110 valence electrons. The Labute approximate surface area is 126 Å². The largest absolute Gasteiger partial charge is 0.496 e. The van der Waals surface area contributed by atoms with Crippen LogP contribution in [0.2, 0.25) is 0 Å². The summed E-state index contributed by atoms with van der Waals surface area (Å²) in [5.41, 5.74) is 1.97. The molecule has 1 N–H and O–H groups in total. The predicted molar refractivity (Wildman–Crippen MR) is 84.6 cm³/mol. The van der Waals surface area contributed by atoms with E-state index in [9.17, 15) is 4.79 Å². The van der Waals surface area contributed by atoms with Crippen molar-refractivity contribution < 1.29 is 9.53 Å². The predicted octanol–water partition coefficient (Wildman–Crippen LogP) is 3.14. The molecular formula is C18H21NO2. The molecule has 1 amide bonds. The van der Waals surface area contributed by atoms with Crippen molar-refractivity contribution in [1.82, 2.24) is 5.32 Å². The highest BCUT2D eigenvalue weighted by Gasteiger charge is 2.34. The molecule has 0 aliphatic heterocycles. The number of methoxy groups -OCH3 is 1. The molecular weight excluding hydrogens is 262 g/mol. The van der Waals surface area contributed by atoms with Crippen molar-refractivity contribution in [2.24, 2.45) is 0 Å². The van der Waals surface area contributed by atoms with Gasteiger partial charge in [-0.3, -0.25) is 4.79 Å². The lowest BCUT2D eigenvalue weighted by atomic mass is 9.72. The van der Waals surface area contributed by atoms with E-state index in [0.717, 1.165) is 24.1 Å². The van der Waals surface area contributed by atoms with Gasteiger partial charge in [0.15, 0.2) is 0 Å². The molecule has 0 aliphatic rings. The Morgan fingerprint density at radius 3 is 2.38 bits per heavy atom. The summed E-state index contributed by atoms with van der Waals surface area (Å²) in [4.78, 5) is 10.8. The minimum absolute atomic E-state index is 0.297. The smallest absolute Gasteiger partial charge is 0.207 e. The summed E-state index contributed by atoms with van der Waals surface area (Å²) < 4.78 is 5.54. The van der Waals surface area contributed by atoms with Crippen molar-refractivity contribution in [3.8, 4) is 5.75 Å². The maximum atomic E-state index is 10.8. The lowest BCUT2D eigenvalue weighted by Gasteiger charge is -2.35. The van der Waals surface area contributed by atoms with Gasteiger partial charge >= 0.3 is 0 Å². The van der Waals surface area contributed by atoms with Crippen LogP contribution in [0.5, 0.6) is 5.75 Å². The van der Waals surface area contributed by atoms with E-state index < -0.39 is 0 Å². The lowest BCUT2D eigenvalue weighted by Crippen LogP contribution is -2.38. The molecule has 2 rings (SSSR count). The molecule has 0 spiro atoms. The number of carbonyl (C=O) groups is 1. The third-order valence-corrected chi connectivity index (χ3v) is 4.04. The van der Waals surface area contributed by atoms with E-state index >= 15 is 0 Å². The molecule has 1 atom stereocenters. The first-order valence-electron chi connectivity index (χ1n) is 7.14. The van der Waals surface area contributed by atoms with Crippen LogP contribution in [0.4, 0.5) is 0 Å². The summed E-state index contributed by atoms with van der Waals surface area (Å²) in [6, 6.07) is 18.2. The van der Waals surface area contributed by atoms with Crippen LogP contribution in [0, 0.1) is 0 Å². The van der Waals surface area contributed by atoms with Crippen LogP contribution in [0.1, 0.15) is 24.5 Å². The summed E-state index contributed by atoms with van der Waals surface area (Å²) in [6.07, 6.45) is 1.61. The van der Waals surface area contributed by atoms with Crippen LogP contribution in [-0.4, -0.2) is 20.1 Å². The van der Waals surface area contributed by atoms with Gasteiger partial charge in [-0.05, 0) is 18.1 Å². The number of carbonyl (C=O) groups excluding carboxylic acids is 1. The number of ether oxygens (including phenoxy) is 1. The molecule has 0 unspecified atom stereocenters. The lowest BCUT2D eigenvalue weighted by molar-refractivity contribution is -0.109. The molecule has 0 saturated carbocycles. The topological polar surface area (TPSA) is 38.3 Å². The molecule has 0 radical (unpaired) electrons. The van der Waals surface area contributed by atoms with Crippen molar-refractivity contribution in [1.29, 1.82) is 0 Å². The minimum atomic E-state index is -0.297. The molecule has 0 aliphatic carbocycles. The molecule has 3 nitrogen and oxygen atoms in total. The standard InChI is InChI=1S/C18H21NO2/c1-3-18(13-19-14-20,15-9-5-4-6-10-15)16-11-7-8-12-17(16)21-2/h4-12,14H,3,13H2,1-2H3,(H,19,20)/t18-/m1/s1. The zero-order chi connectivity index (χ0) is 15.1. The Bertz CT molecular complexity index is 583. The van der Waals surface area contributed by atoms with Gasteiger partial charge in [-0.15, -0.1) is 0 Å². The Morgan fingerprint density at radius 1 is 1.10 bits per heavy atom. The maximum Gasteiger partial charge on any atom is 0.207 e. The van der Waals surface area contributed by atoms with Crippen molar-refractivity contribution in [2.45, 2.75) is 18.8 Å². The van der Waals surface area contributed by atoms with E-state index in [-0.39, 0.29) is 5.41 Å². The highest BCUT2D eigenvalue weighted by atomic mass is 16.5. The molecule has 2 aromatic carbocycles. The van der Waals surface area contributed by atoms with Crippen LogP contribution in [-0.2, 0) is 10.2 Å². The van der Waals surface area contributed by atoms with Gasteiger partial charge in [-0.1, -0.05) is 55.5 Å². The first kappa shape index (κ1) is 15.1. The third kappa shape index (κ3) is 2.92. The summed E-state index contributed by atoms with van der Waals surface area (Å²) in [6.45, 7) is 2.67. The van der Waals surface area contributed by atoms with Gasteiger partial charge in [0.05, 0.1) is 7.11 Å². The van der Waals surface area contributed by atoms with Crippen LogP contribution in [0.3, 0.4) is 0 Å². The van der Waals surface area contributed by atoms with E-state index in [2.05, 4.69) is 30.4 Å². The summed E-state index contributed by atoms with van der Waals surface area (Å²) in [5, 5.41) is 2.85. The summed E-state index contributed by atoms with van der Waals surface area (Å²) in [5.74, 6) is 0.843. The fourth-order valence-corrected chi connectivity index (χ4v) is 2.89. The zero-order valence-electron chi connectivity index (χ0n) is 12.5. The van der Waals surface area contributed by atoms with Gasteiger partial charge in [-0.25, -0.2) is 0 Å². The quantitative estimate of drug-likeness (QED) is 0.793. The van der Waals surface area contributed by atoms with Crippen LogP contribution in [0.25, 0.3) is 0 Å². The summed E-state index contributed by atoms with van der Waals surface area (Å²) >= 11 is 0. The van der Waals surface area contributed by atoms with E-state index in [1.807, 2.05) is 36.4 Å². The average Bonchev–Trinajstić information content (AvgIpc) is 2.57. The van der Waals surface area contributed by atoms with Crippen molar-refractivity contribution in [3.63, 3.8) is 0 Å². The average molecular weight is 283 g/mol. The fraction of sp³-hybridized carbons (Fsp3) is 0.278. The molecule has 0 aromatic heterocycles. The molecule has 21 heavy (non-hydrogen) atoms. The second-order valence-electron chi connectivity index (χ2n) is 5.00. The number of benzene rings is 2. The molecule has 2 aromatic rings. The monoisotopic (exact) mass is 283 g/mol. The minimum Gasteiger partial charge on any atom is -0.496 e. The second-order valence-corrected chi connectivity index (χ2v) is 5.00. The van der Waals surface area contributed by atoms with Crippen molar-refractivity contribution >= 4 is 6.41 Å². The van der Waals surface area contributed by atoms with E-state index in [1.165, 1.54) is 5.56 Å². The maximum absolute atomic E-state index is 10.8. The number of hydrogen-bond acceptors (Lipinski definition) is 2. The van der Waals surface area contributed by atoms with E-state index in [1.54, 1.807) is 7.11 Å². The van der Waals surface area contributed by atoms with E-state index in [4.69, 9.17) is 4.74 Å². The number of nitrogens with one attached hydrogen (secondary N) is 1. The Kier molecular flexibility index (Phi) is 4.99. The van der Waals surface area contributed by atoms with Crippen LogP contribution >= 0.6 is 0 Å². The highest BCUT2D eigenvalue weighted by Crippen LogP contribution is 2.39. The first-order chi connectivity index (χ1) is 10.3. The van der Waals surface area contributed by atoms with Gasteiger partial charge in [0.25, 0.3) is 0 Å². The zero-order valence-corrected chi connectivity index (χ0v) is 12.5. The summed E-state index contributed by atoms with van der Waals surface area (Å²) in [7, 11) is 1.68. The Balaban J connectivity index is 2.61. The normalized spacial score (nSPS) is 13.2. The van der Waals surface area contributed by atoms with Gasteiger partial charge in [-0.2, -0.15) is 0 Å². The highest BCUT2D eigenvalue weighted by molar-refractivity contribution is 5.51. The number of para-hydroxylation sites is 1. The number of rotatable bonds is 7. The van der Waals surface area contributed by atoms with Crippen LogP contribution < -0.4 is 10.1 Å². The number of hydrogen-bond donors (Lipinski definition) is 1. The van der Waals surface area contributed by atoms with Crippen LogP contribution in [0.15, 0.2) is 54.6 Å². The Morgan fingerprint density at radius 2 is 1.76 bits per heavy atom. The van der Waals surface area contributed by atoms with Crippen molar-refractivity contribution in [2.75, 3.05) is 13.7 Å². The second kappa shape index (κ2) is 6.93.